The predicted octanol–water partition coefficient (Wildman–Crippen LogP) is 3.86. The molecule has 9 nitrogen and oxygen atoms in total. The summed E-state index contributed by atoms with van der Waals surface area (Å²) in [5, 5.41) is 14.0. The molecule has 0 spiro atoms. The quantitative estimate of drug-likeness (QED) is 0.321. The minimum absolute atomic E-state index is 0.00893. The van der Waals surface area contributed by atoms with E-state index in [0.29, 0.717) is 0 Å². The lowest BCUT2D eigenvalue weighted by molar-refractivity contribution is -0.147. The summed E-state index contributed by atoms with van der Waals surface area (Å²) in [6, 6.07) is 23.5. The Bertz CT molecular complexity index is 1300. The number of ether oxygens (including phenoxy) is 2. The van der Waals surface area contributed by atoms with Gasteiger partial charge in [0, 0.05) is 12.5 Å². The lowest BCUT2D eigenvalue weighted by Gasteiger charge is -2.20. The topological polar surface area (TPSA) is 131 Å². The van der Waals surface area contributed by atoms with Crippen molar-refractivity contribution in [1.29, 1.82) is 0 Å². The third-order valence-corrected chi connectivity index (χ3v) is 6.57. The van der Waals surface area contributed by atoms with Gasteiger partial charge in [-0.25, -0.2) is 4.79 Å². The molecule has 0 aliphatic heterocycles. The Kier molecular flexibility index (Phi) is 8.94. The average molecular weight is 531 g/mol. The predicted molar refractivity (Wildman–Crippen MR) is 143 cm³/mol. The number of hydrogen-bond donors (Lipinski definition) is 3. The van der Waals surface area contributed by atoms with Crippen LogP contribution in [0.2, 0.25) is 0 Å². The summed E-state index contributed by atoms with van der Waals surface area (Å²) in [6.45, 7) is 1.30. The zero-order valence-corrected chi connectivity index (χ0v) is 21.5. The summed E-state index contributed by atoms with van der Waals surface area (Å²) in [5.41, 5.74) is 4.99. The van der Waals surface area contributed by atoms with E-state index >= 15 is 0 Å². The molecule has 0 saturated heterocycles. The number of carbonyl (C=O) groups excluding carboxylic acids is 3. The molecule has 39 heavy (non-hydrogen) atoms. The highest BCUT2D eigenvalue weighted by Gasteiger charge is 2.30. The number of carbonyl (C=O) groups is 4. The van der Waals surface area contributed by atoms with Gasteiger partial charge in [0.05, 0.1) is 12.3 Å². The van der Waals surface area contributed by atoms with Crippen LogP contribution in [0.1, 0.15) is 36.0 Å². The maximum Gasteiger partial charge on any atom is 0.407 e. The lowest BCUT2D eigenvalue weighted by Crippen LogP contribution is -2.49. The Morgan fingerprint density at radius 3 is 2.05 bits per heavy atom. The molecule has 3 aromatic carbocycles. The first kappa shape index (κ1) is 27.4. The van der Waals surface area contributed by atoms with Crippen LogP contribution in [0.4, 0.5) is 4.79 Å². The van der Waals surface area contributed by atoms with Crippen LogP contribution in [0.25, 0.3) is 11.1 Å². The van der Waals surface area contributed by atoms with Crippen LogP contribution in [-0.2, 0) is 30.5 Å². The second-order valence-corrected chi connectivity index (χ2v) is 9.36. The number of hydrogen-bond acceptors (Lipinski definition) is 6. The molecule has 202 valence electrons. The zero-order valence-electron chi connectivity index (χ0n) is 21.5. The van der Waals surface area contributed by atoms with E-state index in [2.05, 4.69) is 10.6 Å². The van der Waals surface area contributed by atoms with Crippen molar-refractivity contribution in [2.45, 2.75) is 31.9 Å². The van der Waals surface area contributed by atoms with Crippen LogP contribution in [0.15, 0.2) is 78.9 Å². The van der Waals surface area contributed by atoms with Crippen molar-refractivity contribution in [3.05, 3.63) is 95.6 Å². The summed E-state index contributed by atoms with van der Waals surface area (Å²) in [6.07, 6.45) is -1.33. The molecule has 3 N–H and O–H groups in total. The number of carboxylic acid groups (broad SMARTS) is 1. The molecule has 0 aromatic heterocycles. The number of fused-ring (bicyclic) bond motifs is 3. The van der Waals surface area contributed by atoms with Crippen molar-refractivity contribution in [3.8, 4) is 11.1 Å². The van der Waals surface area contributed by atoms with E-state index in [-0.39, 0.29) is 25.7 Å². The Morgan fingerprint density at radius 1 is 0.846 bits per heavy atom. The smallest absolute Gasteiger partial charge is 0.407 e. The van der Waals surface area contributed by atoms with Gasteiger partial charge < -0.3 is 25.2 Å². The number of benzene rings is 3. The van der Waals surface area contributed by atoms with Gasteiger partial charge in [0.25, 0.3) is 0 Å². The van der Waals surface area contributed by atoms with Crippen LogP contribution < -0.4 is 10.6 Å². The van der Waals surface area contributed by atoms with Crippen molar-refractivity contribution in [3.63, 3.8) is 0 Å². The van der Waals surface area contributed by atoms with Gasteiger partial charge in [0.2, 0.25) is 5.91 Å². The highest BCUT2D eigenvalue weighted by molar-refractivity contribution is 5.90. The Morgan fingerprint density at radius 2 is 1.44 bits per heavy atom. The SMILES string of the molecule is CC(CNC(=O)[C@H](CC(=O)OCc1ccccc1)NC(=O)OCC1c2ccccc2-c2ccccc21)C(=O)O. The molecular formula is C30H30N2O7. The van der Waals surface area contributed by atoms with E-state index in [0.717, 1.165) is 27.8 Å². The third kappa shape index (κ3) is 7.01. The van der Waals surface area contributed by atoms with Gasteiger partial charge in [-0.1, -0.05) is 85.8 Å². The minimum Gasteiger partial charge on any atom is -0.481 e. The Labute approximate surface area is 226 Å². The zero-order chi connectivity index (χ0) is 27.8. The van der Waals surface area contributed by atoms with Gasteiger partial charge in [-0.2, -0.15) is 0 Å². The first-order chi connectivity index (χ1) is 18.8. The first-order valence-corrected chi connectivity index (χ1v) is 12.6. The van der Waals surface area contributed by atoms with Crippen LogP contribution >= 0.6 is 0 Å². The molecule has 0 fully saturated rings. The van der Waals surface area contributed by atoms with E-state index < -0.39 is 42.3 Å². The van der Waals surface area contributed by atoms with Crippen LogP contribution in [0.5, 0.6) is 0 Å². The summed E-state index contributed by atoms with van der Waals surface area (Å²) in [4.78, 5) is 49.2. The fourth-order valence-corrected chi connectivity index (χ4v) is 4.42. The number of nitrogens with one attached hydrogen (secondary N) is 2. The Balaban J connectivity index is 1.39. The summed E-state index contributed by atoms with van der Waals surface area (Å²) in [7, 11) is 0. The summed E-state index contributed by atoms with van der Waals surface area (Å²) < 4.78 is 10.8. The largest absolute Gasteiger partial charge is 0.481 e. The fraction of sp³-hybridized carbons (Fsp3) is 0.267. The van der Waals surface area contributed by atoms with Crippen molar-refractivity contribution >= 4 is 23.9 Å². The second kappa shape index (κ2) is 12.7. The Hall–Kier alpha value is -4.66. The van der Waals surface area contributed by atoms with Crippen molar-refractivity contribution in [2.75, 3.05) is 13.2 Å². The number of carboxylic acids is 1. The molecule has 0 radical (unpaired) electrons. The molecule has 0 bridgehead atoms. The molecule has 1 aliphatic carbocycles. The number of aliphatic carboxylic acids is 1. The van der Waals surface area contributed by atoms with E-state index in [1.807, 2.05) is 66.7 Å². The van der Waals surface area contributed by atoms with Gasteiger partial charge in [-0.05, 0) is 27.8 Å². The van der Waals surface area contributed by atoms with Crippen LogP contribution in [-0.4, -0.2) is 48.2 Å². The molecule has 9 heteroatoms. The maximum absolute atomic E-state index is 12.8. The highest BCUT2D eigenvalue weighted by atomic mass is 16.5. The fourth-order valence-electron chi connectivity index (χ4n) is 4.42. The number of amides is 2. The standard InChI is InChI=1S/C30H30N2O7/c1-19(29(35)36)16-31-28(34)26(15-27(33)38-17-20-9-3-2-4-10-20)32-30(37)39-18-25-23-13-7-5-11-21(23)22-12-6-8-14-24(22)25/h2-14,19,25-26H,15-18H2,1H3,(H,31,34)(H,32,37)(H,35,36)/t19?,26-/m0/s1. The van der Waals surface area contributed by atoms with Gasteiger partial charge in [0.15, 0.2) is 0 Å². The van der Waals surface area contributed by atoms with Gasteiger partial charge in [0.1, 0.15) is 19.3 Å². The van der Waals surface area contributed by atoms with E-state index in [1.54, 1.807) is 12.1 Å². The average Bonchev–Trinajstić information content (AvgIpc) is 3.27. The highest BCUT2D eigenvalue weighted by Crippen LogP contribution is 2.44. The first-order valence-electron chi connectivity index (χ1n) is 12.6. The van der Waals surface area contributed by atoms with Crippen molar-refractivity contribution in [1.82, 2.24) is 10.6 Å². The van der Waals surface area contributed by atoms with E-state index in [4.69, 9.17) is 14.6 Å². The van der Waals surface area contributed by atoms with Crippen molar-refractivity contribution < 1.29 is 33.8 Å². The summed E-state index contributed by atoms with van der Waals surface area (Å²) in [5.74, 6) is -3.53. The maximum atomic E-state index is 12.8. The molecule has 1 unspecified atom stereocenters. The third-order valence-electron chi connectivity index (χ3n) is 6.57. The number of alkyl carbamates (subject to hydrolysis) is 1. The molecule has 2 amide bonds. The molecule has 0 heterocycles. The van der Waals surface area contributed by atoms with Gasteiger partial charge in [-0.3, -0.25) is 14.4 Å². The minimum atomic E-state index is -1.31. The molecule has 3 aromatic rings. The molecule has 0 saturated carbocycles. The van der Waals surface area contributed by atoms with Crippen LogP contribution in [0, 0.1) is 5.92 Å². The molecular weight excluding hydrogens is 500 g/mol. The molecule has 2 atom stereocenters. The van der Waals surface area contributed by atoms with E-state index in [9.17, 15) is 19.2 Å². The summed E-state index contributed by atoms with van der Waals surface area (Å²) >= 11 is 0. The van der Waals surface area contributed by atoms with E-state index in [1.165, 1.54) is 6.92 Å². The molecule has 4 rings (SSSR count). The lowest BCUT2D eigenvalue weighted by atomic mass is 9.98. The van der Waals surface area contributed by atoms with Gasteiger partial charge >= 0.3 is 18.0 Å². The number of rotatable bonds is 11. The van der Waals surface area contributed by atoms with Crippen LogP contribution in [0.3, 0.4) is 0 Å². The normalized spacial score (nSPS) is 13.4. The second-order valence-electron chi connectivity index (χ2n) is 9.36. The van der Waals surface area contributed by atoms with Crippen molar-refractivity contribution in [2.24, 2.45) is 5.92 Å². The number of esters is 1. The van der Waals surface area contributed by atoms with Gasteiger partial charge in [-0.15, -0.1) is 0 Å². The molecule has 1 aliphatic rings. The monoisotopic (exact) mass is 530 g/mol.